The second-order valence-corrected chi connectivity index (χ2v) is 7.71. The van der Waals surface area contributed by atoms with Crippen molar-refractivity contribution in [2.75, 3.05) is 0 Å². The van der Waals surface area contributed by atoms with Gasteiger partial charge in [0, 0.05) is 19.4 Å². The number of nitrogens with zero attached hydrogens (tertiary/aromatic N) is 1. The Morgan fingerprint density at radius 2 is 1.86 bits per heavy atom. The molecule has 1 atom stereocenters. The molecular formula is C21H25N3O5. The van der Waals surface area contributed by atoms with Gasteiger partial charge in [0.05, 0.1) is 11.1 Å². The average molecular weight is 399 g/mol. The van der Waals surface area contributed by atoms with Crippen molar-refractivity contribution >= 4 is 29.5 Å². The highest BCUT2D eigenvalue weighted by Crippen LogP contribution is 2.34. The molecule has 8 heteroatoms. The standard InChI is InChI=1S/C21H25N3O5/c1-3-4-5-6-16(25)22-12-13-7-8-14-15(11-13)19(28)24(18(14)27)21(2)10-9-17(26)23-20(21)29/h7-8,11H,3-6,9-10,12H2,1-2H3,(H,22,25)(H,23,26,29)/t21-/m0/s1. The van der Waals surface area contributed by atoms with Crippen LogP contribution in [0.4, 0.5) is 0 Å². The summed E-state index contributed by atoms with van der Waals surface area (Å²) in [5, 5.41) is 5.03. The number of amides is 5. The van der Waals surface area contributed by atoms with E-state index in [4.69, 9.17) is 0 Å². The van der Waals surface area contributed by atoms with E-state index in [-0.39, 0.29) is 36.4 Å². The van der Waals surface area contributed by atoms with Crippen LogP contribution in [0.1, 0.15) is 78.7 Å². The molecule has 0 bridgehead atoms. The van der Waals surface area contributed by atoms with E-state index in [0.29, 0.717) is 12.0 Å². The van der Waals surface area contributed by atoms with Crippen molar-refractivity contribution in [2.45, 2.75) is 64.5 Å². The molecular weight excluding hydrogens is 374 g/mol. The van der Waals surface area contributed by atoms with Gasteiger partial charge in [0.1, 0.15) is 5.54 Å². The topological polar surface area (TPSA) is 113 Å². The van der Waals surface area contributed by atoms with Gasteiger partial charge in [-0.25, -0.2) is 0 Å². The van der Waals surface area contributed by atoms with E-state index in [1.54, 1.807) is 18.2 Å². The van der Waals surface area contributed by atoms with Crippen LogP contribution in [0.2, 0.25) is 0 Å². The third-order valence-corrected chi connectivity index (χ3v) is 5.52. The highest BCUT2D eigenvalue weighted by atomic mass is 16.2. The van der Waals surface area contributed by atoms with Crippen LogP contribution in [0.15, 0.2) is 18.2 Å². The quantitative estimate of drug-likeness (QED) is 0.535. The first-order valence-electron chi connectivity index (χ1n) is 9.90. The summed E-state index contributed by atoms with van der Waals surface area (Å²) in [6.45, 7) is 3.82. The highest BCUT2D eigenvalue weighted by molar-refractivity contribution is 6.24. The highest BCUT2D eigenvalue weighted by Gasteiger charge is 2.52. The van der Waals surface area contributed by atoms with E-state index < -0.39 is 29.2 Å². The van der Waals surface area contributed by atoms with Gasteiger partial charge >= 0.3 is 0 Å². The predicted octanol–water partition coefficient (Wildman–Crippen LogP) is 1.67. The monoisotopic (exact) mass is 399 g/mol. The number of carbonyl (C=O) groups excluding carboxylic acids is 5. The van der Waals surface area contributed by atoms with E-state index in [9.17, 15) is 24.0 Å². The molecule has 2 aliphatic heterocycles. The summed E-state index contributed by atoms with van der Waals surface area (Å²) in [6.07, 6.45) is 3.47. The Bertz CT molecular complexity index is 894. The third kappa shape index (κ3) is 3.92. The molecule has 2 N–H and O–H groups in total. The van der Waals surface area contributed by atoms with Crippen LogP contribution in [-0.2, 0) is 20.9 Å². The minimum atomic E-state index is -1.41. The second-order valence-electron chi connectivity index (χ2n) is 7.71. The van der Waals surface area contributed by atoms with E-state index >= 15 is 0 Å². The number of hydrogen-bond acceptors (Lipinski definition) is 5. The molecule has 1 fully saturated rings. The molecule has 29 heavy (non-hydrogen) atoms. The number of unbranched alkanes of at least 4 members (excludes halogenated alkanes) is 2. The van der Waals surface area contributed by atoms with Crippen molar-refractivity contribution in [3.63, 3.8) is 0 Å². The number of imide groups is 2. The Morgan fingerprint density at radius 1 is 1.14 bits per heavy atom. The van der Waals surface area contributed by atoms with Crippen LogP contribution in [0.25, 0.3) is 0 Å². The van der Waals surface area contributed by atoms with E-state index in [0.717, 1.165) is 24.2 Å². The fourth-order valence-electron chi connectivity index (χ4n) is 3.68. The lowest BCUT2D eigenvalue weighted by atomic mass is 9.89. The SMILES string of the molecule is CCCCCC(=O)NCc1ccc2c(c1)C(=O)N([C@@]1(C)CCC(=O)NC1=O)C2=O. The zero-order valence-corrected chi connectivity index (χ0v) is 16.7. The van der Waals surface area contributed by atoms with Crippen LogP contribution in [0.5, 0.6) is 0 Å². The molecule has 0 saturated carbocycles. The summed E-state index contributed by atoms with van der Waals surface area (Å²) in [5.41, 5.74) is -0.281. The van der Waals surface area contributed by atoms with Crippen molar-refractivity contribution in [3.8, 4) is 0 Å². The van der Waals surface area contributed by atoms with E-state index in [2.05, 4.69) is 17.6 Å². The molecule has 8 nitrogen and oxygen atoms in total. The molecule has 0 radical (unpaired) electrons. The largest absolute Gasteiger partial charge is 0.352 e. The van der Waals surface area contributed by atoms with Crippen LogP contribution in [-0.4, -0.2) is 40.0 Å². The van der Waals surface area contributed by atoms with E-state index in [1.165, 1.54) is 6.92 Å². The zero-order chi connectivity index (χ0) is 21.2. The third-order valence-electron chi connectivity index (χ3n) is 5.52. The predicted molar refractivity (Wildman–Crippen MR) is 104 cm³/mol. The van der Waals surface area contributed by atoms with Crippen molar-refractivity contribution < 1.29 is 24.0 Å². The Labute approximate surface area is 169 Å². The Balaban J connectivity index is 1.74. The number of piperidine rings is 1. The summed E-state index contributed by atoms with van der Waals surface area (Å²) in [7, 11) is 0. The first kappa shape index (κ1) is 20.7. The Kier molecular flexibility index (Phi) is 5.81. The van der Waals surface area contributed by atoms with Crippen LogP contribution < -0.4 is 10.6 Å². The van der Waals surface area contributed by atoms with Crippen LogP contribution in [0.3, 0.4) is 0 Å². The number of rotatable bonds is 7. The van der Waals surface area contributed by atoms with Gasteiger partial charge in [-0.2, -0.15) is 0 Å². The number of benzene rings is 1. The summed E-state index contributed by atoms with van der Waals surface area (Å²) in [5.74, 6) is -2.23. The summed E-state index contributed by atoms with van der Waals surface area (Å²) >= 11 is 0. The lowest BCUT2D eigenvalue weighted by Crippen LogP contribution is -2.62. The molecule has 1 aromatic carbocycles. The van der Waals surface area contributed by atoms with Gasteiger partial charge in [0.15, 0.2) is 0 Å². The summed E-state index contributed by atoms with van der Waals surface area (Å²) < 4.78 is 0. The molecule has 0 aromatic heterocycles. The maximum Gasteiger partial charge on any atom is 0.262 e. The molecule has 1 aromatic rings. The number of nitrogens with one attached hydrogen (secondary N) is 2. The van der Waals surface area contributed by atoms with Gasteiger partial charge in [-0.15, -0.1) is 0 Å². The fraction of sp³-hybridized carbons (Fsp3) is 0.476. The van der Waals surface area contributed by atoms with Gasteiger partial charge < -0.3 is 5.32 Å². The van der Waals surface area contributed by atoms with Gasteiger partial charge in [0.25, 0.3) is 17.7 Å². The molecule has 3 rings (SSSR count). The Hall–Kier alpha value is -3.03. The first-order chi connectivity index (χ1) is 13.8. The lowest BCUT2D eigenvalue weighted by molar-refractivity contribution is -0.141. The number of fused-ring (bicyclic) bond motifs is 1. The van der Waals surface area contributed by atoms with Crippen molar-refractivity contribution in [2.24, 2.45) is 0 Å². The number of carbonyl (C=O) groups is 5. The minimum Gasteiger partial charge on any atom is -0.352 e. The van der Waals surface area contributed by atoms with Gasteiger partial charge in [-0.1, -0.05) is 25.8 Å². The van der Waals surface area contributed by atoms with Gasteiger partial charge in [-0.05, 0) is 37.5 Å². The molecule has 0 unspecified atom stereocenters. The van der Waals surface area contributed by atoms with Gasteiger partial charge in [0.2, 0.25) is 11.8 Å². The average Bonchev–Trinajstić information content (AvgIpc) is 2.94. The first-order valence-corrected chi connectivity index (χ1v) is 9.90. The molecule has 1 saturated heterocycles. The maximum absolute atomic E-state index is 13.0. The molecule has 5 amide bonds. The van der Waals surface area contributed by atoms with Crippen LogP contribution >= 0.6 is 0 Å². The summed E-state index contributed by atoms with van der Waals surface area (Å²) in [6, 6.07) is 4.81. The number of hydrogen-bond donors (Lipinski definition) is 2. The molecule has 0 spiro atoms. The smallest absolute Gasteiger partial charge is 0.262 e. The molecule has 154 valence electrons. The van der Waals surface area contributed by atoms with Crippen molar-refractivity contribution in [3.05, 3.63) is 34.9 Å². The normalized spacial score (nSPS) is 21.2. The Morgan fingerprint density at radius 3 is 2.55 bits per heavy atom. The molecule has 2 aliphatic rings. The van der Waals surface area contributed by atoms with Crippen molar-refractivity contribution in [1.82, 2.24) is 15.5 Å². The lowest BCUT2D eigenvalue weighted by Gasteiger charge is -2.38. The van der Waals surface area contributed by atoms with E-state index in [1.807, 2.05) is 0 Å². The minimum absolute atomic E-state index is 0.0565. The van der Waals surface area contributed by atoms with Gasteiger partial charge in [-0.3, -0.25) is 34.2 Å². The fourth-order valence-corrected chi connectivity index (χ4v) is 3.68. The molecule has 0 aliphatic carbocycles. The summed E-state index contributed by atoms with van der Waals surface area (Å²) in [4.78, 5) is 62.5. The van der Waals surface area contributed by atoms with Crippen molar-refractivity contribution in [1.29, 1.82) is 0 Å². The zero-order valence-electron chi connectivity index (χ0n) is 16.7. The van der Waals surface area contributed by atoms with Crippen LogP contribution in [0, 0.1) is 0 Å². The second kappa shape index (κ2) is 8.14. The molecule has 2 heterocycles. The maximum atomic E-state index is 13.0.